The van der Waals surface area contributed by atoms with Crippen LogP contribution in [0.1, 0.15) is 11.1 Å². The number of benzene rings is 3. The van der Waals surface area contributed by atoms with E-state index in [0.29, 0.717) is 29.4 Å². The number of fused-ring (bicyclic) bond motifs is 1. The Morgan fingerprint density at radius 1 is 0.861 bits per heavy atom. The Balaban J connectivity index is 1.62. The van der Waals surface area contributed by atoms with Crippen LogP contribution in [0.15, 0.2) is 76.1 Å². The van der Waals surface area contributed by atoms with E-state index in [-0.39, 0.29) is 34.4 Å². The van der Waals surface area contributed by atoms with Gasteiger partial charge in [0.05, 0.1) is 37.8 Å². The predicted octanol–water partition coefficient (Wildman–Crippen LogP) is 4.26. The van der Waals surface area contributed by atoms with Crippen LogP contribution in [-0.2, 0) is 23.1 Å². The fourth-order valence-corrected chi connectivity index (χ4v) is 4.19. The van der Waals surface area contributed by atoms with Crippen LogP contribution in [0.3, 0.4) is 0 Å². The fourth-order valence-electron chi connectivity index (χ4n) is 3.63. The molecule has 3 aromatic carbocycles. The van der Waals surface area contributed by atoms with Gasteiger partial charge in [0.25, 0.3) is 0 Å². The van der Waals surface area contributed by atoms with Crippen molar-refractivity contribution in [1.82, 2.24) is 5.32 Å². The molecule has 36 heavy (non-hydrogen) atoms. The Bertz CT molecular complexity index is 1530. The van der Waals surface area contributed by atoms with Gasteiger partial charge in [0, 0.05) is 36.3 Å². The van der Waals surface area contributed by atoms with E-state index < -0.39 is 10.0 Å². The third-order valence-corrected chi connectivity index (χ3v) is 5.93. The van der Waals surface area contributed by atoms with Crippen LogP contribution in [0.25, 0.3) is 11.0 Å². The van der Waals surface area contributed by atoms with E-state index in [2.05, 4.69) is 10.0 Å². The van der Waals surface area contributed by atoms with Crippen molar-refractivity contribution in [3.05, 3.63) is 88.3 Å². The zero-order valence-electron chi connectivity index (χ0n) is 20.0. The van der Waals surface area contributed by atoms with Crippen molar-refractivity contribution in [3.8, 4) is 23.0 Å². The molecular weight excluding hydrogens is 484 g/mol. The van der Waals surface area contributed by atoms with E-state index in [1.165, 1.54) is 18.4 Å². The van der Waals surface area contributed by atoms with Gasteiger partial charge in [-0.05, 0) is 24.3 Å². The van der Waals surface area contributed by atoms with Crippen molar-refractivity contribution in [2.45, 2.75) is 13.1 Å². The maximum atomic E-state index is 13.2. The van der Waals surface area contributed by atoms with Crippen LogP contribution in [0.4, 0.5) is 5.69 Å². The van der Waals surface area contributed by atoms with Gasteiger partial charge in [-0.25, -0.2) is 8.42 Å². The molecule has 0 spiro atoms. The van der Waals surface area contributed by atoms with Crippen LogP contribution in [0.2, 0.25) is 0 Å². The molecule has 0 bridgehead atoms. The lowest BCUT2D eigenvalue weighted by molar-refractivity contribution is 0.389. The first-order valence-electron chi connectivity index (χ1n) is 11.0. The molecule has 0 aliphatic heterocycles. The second-order valence-electron chi connectivity index (χ2n) is 8.01. The number of rotatable bonds is 10. The van der Waals surface area contributed by atoms with Gasteiger partial charge >= 0.3 is 0 Å². The fraction of sp³-hybridized carbons (Fsp3) is 0.192. The molecule has 0 atom stereocenters. The topological polar surface area (TPSA) is 116 Å². The molecule has 9 nitrogen and oxygen atoms in total. The third kappa shape index (κ3) is 5.96. The maximum Gasteiger partial charge on any atom is 0.229 e. The Morgan fingerprint density at radius 3 is 2.31 bits per heavy atom. The molecule has 1 heterocycles. The van der Waals surface area contributed by atoms with Gasteiger partial charge in [0.2, 0.25) is 10.0 Å². The van der Waals surface area contributed by atoms with E-state index >= 15 is 0 Å². The highest BCUT2D eigenvalue weighted by Crippen LogP contribution is 2.34. The summed E-state index contributed by atoms with van der Waals surface area (Å²) in [6.45, 7) is 0.690. The molecule has 2 N–H and O–H groups in total. The van der Waals surface area contributed by atoms with Gasteiger partial charge in [-0.15, -0.1) is 0 Å². The number of hydrogen-bond donors (Lipinski definition) is 2. The quantitative estimate of drug-likeness (QED) is 0.325. The summed E-state index contributed by atoms with van der Waals surface area (Å²) in [6, 6.07) is 17.3. The Labute approximate surface area is 208 Å². The van der Waals surface area contributed by atoms with Gasteiger partial charge in [-0.1, -0.05) is 24.3 Å². The molecule has 0 fully saturated rings. The second kappa shape index (κ2) is 10.7. The van der Waals surface area contributed by atoms with Crippen molar-refractivity contribution in [2.75, 3.05) is 25.2 Å². The molecule has 0 aliphatic rings. The molecule has 0 saturated carbocycles. The molecule has 0 unspecified atom stereocenters. The standard InChI is InChI=1S/C26H26N2O7S/c1-32-20-10-9-17(23(11-20)33-2)14-27-15-18-16-34-24-13-22(28-36(3,30)31)25(12-21(24)26(18)29)35-19-7-5-4-6-8-19/h4-13,16,27-28H,14-15H2,1-3H3. The number of nitrogens with one attached hydrogen (secondary N) is 2. The Hall–Kier alpha value is -4.02. The molecule has 4 aromatic rings. The number of sulfonamides is 1. The Kier molecular flexibility index (Phi) is 7.47. The molecule has 0 amide bonds. The third-order valence-electron chi connectivity index (χ3n) is 5.34. The number of methoxy groups -OCH3 is 2. The first kappa shape index (κ1) is 25.1. The lowest BCUT2D eigenvalue weighted by Gasteiger charge is -2.14. The summed E-state index contributed by atoms with van der Waals surface area (Å²) >= 11 is 0. The lowest BCUT2D eigenvalue weighted by Crippen LogP contribution is -2.19. The highest BCUT2D eigenvalue weighted by molar-refractivity contribution is 7.92. The Morgan fingerprint density at radius 2 is 1.61 bits per heavy atom. The molecule has 1 aromatic heterocycles. The minimum atomic E-state index is -3.61. The van der Waals surface area contributed by atoms with Gasteiger partial charge in [-0.3, -0.25) is 9.52 Å². The molecule has 0 aliphatic carbocycles. The molecule has 10 heteroatoms. The van der Waals surface area contributed by atoms with E-state index in [0.717, 1.165) is 11.8 Å². The summed E-state index contributed by atoms with van der Waals surface area (Å²) in [7, 11) is -0.438. The van der Waals surface area contributed by atoms with Crippen LogP contribution in [0, 0.1) is 0 Å². The zero-order valence-corrected chi connectivity index (χ0v) is 20.8. The van der Waals surface area contributed by atoms with E-state index in [9.17, 15) is 13.2 Å². The second-order valence-corrected chi connectivity index (χ2v) is 9.75. The first-order valence-corrected chi connectivity index (χ1v) is 12.9. The lowest BCUT2D eigenvalue weighted by atomic mass is 10.1. The van der Waals surface area contributed by atoms with Crippen molar-refractivity contribution in [2.24, 2.45) is 0 Å². The summed E-state index contributed by atoms with van der Waals surface area (Å²) in [5.41, 5.74) is 1.44. The number of para-hydroxylation sites is 1. The van der Waals surface area contributed by atoms with Crippen molar-refractivity contribution >= 4 is 26.7 Å². The van der Waals surface area contributed by atoms with Crippen LogP contribution < -0.4 is 29.7 Å². The summed E-state index contributed by atoms with van der Waals surface area (Å²) in [5.74, 6) is 2.02. The zero-order chi connectivity index (χ0) is 25.7. The van der Waals surface area contributed by atoms with Crippen LogP contribution >= 0.6 is 0 Å². The first-order chi connectivity index (χ1) is 17.3. The summed E-state index contributed by atoms with van der Waals surface area (Å²) < 4.78 is 48.4. The monoisotopic (exact) mass is 510 g/mol. The average molecular weight is 511 g/mol. The highest BCUT2D eigenvalue weighted by atomic mass is 32.2. The average Bonchev–Trinajstić information content (AvgIpc) is 2.86. The number of anilines is 1. The van der Waals surface area contributed by atoms with Crippen molar-refractivity contribution < 1.29 is 27.0 Å². The molecule has 188 valence electrons. The van der Waals surface area contributed by atoms with Gasteiger partial charge in [0.15, 0.2) is 11.2 Å². The SMILES string of the molecule is COc1ccc(CNCc2coc3cc(NS(C)(=O)=O)c(Oc4ccccc4)cc3c2=O)c(OC)c1. The largest absolute Gasteiger partial charge is 0.497 e. The van der Waals surface area contributed by atoms with E-state index in [4.69, 9.17) is 18.6 Å². The molecule has 0 saturated heterocycles. The van der Waals surface area contributed by atoms with Crippen molar-refractivity contribution in [3.63, 3.8) is 0 Å². The molecular formula is C26H26N2O7S. The number of hydrogen-bond acceptors (Lipinski definition) is 8. The molecule has 4 rings (SSSR count). The molecule has 0 radical (unpaired) electrons. The van der Waals surface area contributed by atoms with Crippen LogP contribution in [0.5, 0.6) is 23.0 Å². The van der Waals surface area contributed by atoms with Crippen LogP contribution in [-0.4, -0.2) is 28.9 Å². The van der Waals surface area contributed by atoms with E-state index in [1.807, 2.05) is 18.2 Å². The summed E-state index contributed by atoms with van der Waals surface area (Å²) in [4.78, 5) is 13.2. The summed E-state index contributed by atoms with van der Waals surface area (Å²) in [6.07, 6.45) is 2.40. The highest BCUT2D eigenvalue weighted by Gasteiger charge is 2.16. The van der Waals surface area contributed by atoms with Gasteiger partial charge < -0.3 is 23.9 Å². The van der Waals surface area contributed by atoms with Gasteiger partial charge in [-0.2, -0.15) is 0 Å². The van der Waals surface area contributed by atoms with Gasteiger partial charge in [0.1, 0.15) is 22.8 Å². The minimum Gasteiger partial charge on any atom is -0.497 e. The smallest absolute Gasteiger partial charge is 0.229 e. The van der Waals surface area contributed by atoms with E-state index in [1.54, 1.807) is 44.6 Å². The normalized spacial score (nSPS) is 11.3. The van der Waals surface area contributed by atoms with Crippen molar-refractivity contribution in [1.29, 1.82) is 0 Å². The summed E-state index contributed by atoms with van der Waals surface area (Å²) in [5, 5.41) is 3.49. The minimum absolute atomic E-state index is 0.162. The number of ether oxygens (including phenoxy) is 3. The predicted molar refractivity (Wildman–Crippen MR) is 138 cm³/mol. The maximum absolute atomic E-state index is 13.2.